The zero-order chi connectivity index (χ0) is 33.0. The maximum Gasteiger partial charge on any atom is 0.160 e. The van der Waals surface area contributed by atoms with Crippen molar-refractivity contribution in [3.63, 3.8) is 0 Å². The molecule has 10 aromatic rings. The molecule has 3 aromatic heterocycles. The monoisotopic (exact) mass is 639 g/mol. The third-order valence-corrected chi connectivity index (χ3v) is 9.66. The zero-order valence-electron chi connectivity index (χ0n) is 27.0. The minimum atomic E-state index is 0.682. The van der Waals surface area contributed by atoms with Crippen LogP contribution < -0.4 is 0 Å². The van der Waals surface area contributed by atoms with Crippen LogP contribution in [0.15, 0.2) is 180 Å². The molecule has 0 spiro atoms. The number of fused-ring (bicyclic) bond motifs is 6. The largest absolute Gasteiger partial charge is 0.455 e. The van der Waals surface area contributed by atoms with E-state index < -0.39 is 0 Å². The van der Waals surface area contributed by atoms with Crippen molar-refractivity contribution in [3.8, 4) is 50.7 Å². The minimum Gasteiger partial charge on any atom is -0.455 e. The molecule has 0 aliphatic rings. The molecule has 4 nitrogen and oxygen atoms in total. The van der Waals surface area contributed by atoms with E-state index in [1.807, 2.05) is 30.3 Å². The van der Waals surface area contributed by atoms with Gasteiger partial charge >= 0.3 is 0 Å². The summed E-state index contributed by atoms with van der Waals surface area (Å²) in [5.74, 6) is 0.682. The van der Waals surface area contributed by atoms with E-state index in [1.54, 1.807) is 0 Å². The highest BCUT2D eigenvalue weighted by Gasteiger charge is 2.18. The van der Waals surface area contributed by atoms with Gasteiger partial charge in [0.25, 0.3) is 0 Å². The summed E-state index contributed by atoms with van der Waals surface area (Å²) in [5, 5.41) is 4.71. The zero-order valence-corrected chi connectivity index (χ0v) is 27.0. The molecule has 3 heterocycles. The van der Waals surface area contributed by atoms with Crippen molar-refractivity contribution in [2.75, 3.05) is 0 Å². The van der Waals surface area contributed by atoms with Gasteiger partial charge in [0.2, 0.25) is 0 Å². The fourth-order valence-electron chi connectivity index (χ4n) is 7.33. The second-order valence-electron chi connectivity index (χ2n) is 12.6. The lowest BCUT2D eigenvalue weighted by Gasteiger charge is -2.14. The molecule has 0 aliphatic heterocycles. The molecule has 0 N–H and O–H groups in total. The van der Waals surface area contributed by atoms with Crippen LogP contribution in [0.1, 0.15) is 0 Å². The van der Waals surface area contributed by atoms with Gasteiger partial charge in [0.1, 0.15) is 11.2 Å². The number of para-hydroxylation sites is 4. The summed E-state index contributed by atoms with van der Waals surface area (Å²) in [6, 6.07) is 61.3. The number of benzene rings is 7. The molecule has 0 fully saturated rings. The Morgan fingerprint density at radius 2 is 0.980 bits per heavy atom. The fourth-order valence-corrected chi connectivity index (χ4v) is 7.33. The molecule has 0 aliphatic carbocycles. The van der Waals surface area contributed by atoms with Crippen LogP contribution in [-0.4, -0.2) is 14.5 Å². The van der Waals surface area contributed by atoms with Crippen molar-refractivity contribution >= 4 is 43.7 Å². The highest BCUT2D eigenvalue weighted by atomic mass is 16.3. The van der Waals surface area contributed by atoms with E-state index in [0.29, 0.717) is 5.82 Å². The summed E-state index contributed by atoms with van der Waals surface area (Å²) in [6.45, 7) is 0. The van der Waals surface area contributed by atoms with Crippen LogP contribution in [0.3, 0.4) is 0 Å². The van der Waals surface area contributed by atoms with Gasteiger partial charge < -0.3 is 8.98 Å². The molecule has 0 atom stereocenters. The Hall–Kier alpha value is -6.78. The van der Waals surface area contributed by atoms with Gasteiger partial charge in [-0.15, -0.1) is 0 Å². The lowest BCUT2D eigenvalue weighted by molar-refractivity contribution is 0.670. The smallest absolute Gasteiger partial charge is 0.160 e. The van der Waals surface area contributed by atoms with Crippen LogP contribution in [0, 0.1) is 0 Å². The van der Waals surface area contributed by atoms with Crippen molar-refractivity contribution in [2.45, 2.75) is 0 Å². The average Bonchev–Trinajstić information content (AvgIpc) is 3.74. The Morgan fingerprint density at radius 1 is 0.400 bits per heavy atom. The van der Waals surface area contributed by atoms with Crippen LogP contribution in [-0.2, 0) is 0 Å². The van der Waals surface area contributed by atoms with Gasteiger partial charge in [0, 0.05) is 49.5 Å². The SMILES string of the molecule is c1ccc(-c2nc(-c3ccc(-n4c5ccccc5c5ccccc54)cc3)cc(-c3ccccc3-c3cccc4c3oc3ccccc34)n2)cc1. The van der Waals surface area contributed by atoms with Crippen molar-refractivity contribution in [2.24, 2.45) is 0 Å². The van der Waals surface area contributed by atoms with Gasteiger partial charge in [0.15, 0.2) is 5.82 Å². The molecule has 0 saturated carbocycles. The lowest BCUT2D eigenvalue weighted by Crippen LogP contribution is -1.98. The highest BCUT2D eigenvalue weighted by Crippen LogP contribution is 2.40. The van der Waals surface area contributed by atoms with Crippen LogP contribution in [0.4, 0.5) is 0 Å². The normalized spacial score (nSPS) is 11.6. The Balaban J connectivity index is 1.14. The molecular formula is C46H29N3O. The van der Waals surface area contributed by atoms with Crippen molar-refractivity contribution in [3.05, 3.63) is 176 Å². The van der Waals surface area contributed by atoms with Crippen molar-refractivity contribution in [1.29, 1.82) is 0 Å². The van der Waals surface area contributed by atoms with Crippen LogP contribution >= 0.6 is 0 Å². The quantitative estimate of drug-likeness (QED) is 0.188. The van der Waals surface area contributed by atoms with E-state index in [-0.39, 0.29) is 0 Å². The second-order valence-corrected chi connectivity index (χ2v) is 12.6. The highest BCUT2D eigenvalue weighted by molar-refractivity contribution is 6.11. The fraction of sp³-hybridized carbons (Fsp3) is 0. The van der Waals surface area contributed by atoms with E-state index in [1.165, 1.54) is 21.8 Å². The first kappa shape index (κ1) is 28.3. The lowest BCUT2D eigenvalue weighted by atomic mass is 9.95. The molecular weight excluding hydrogens is 611 g/mol. The number of hydrogen-bond acceptors (Lipinski definition) is 3. The Morgan fingerprint density at radius 3 is 1.74 bits per heavy atom. The van der Waals surface area contributed by atoms with E-state index >= 15 is 0 Å². The maximum atomic E-state index is 6.48. The molecule has 7 aromatic carbocycles. The van der Waals surface area contributed by atoms with Gasteiger partial charge in [-0.1, -0.05) is 140 Å². The average molecular weight is 640 g/mol. The standard InChI is InChI=1S/C46H29N3O/c1-2-13-31(14-3-1)46-47-40(30-25-27-32(28-26-30)49-42-22-9-6-17-35(42)36-18-7-10-23-43(36)49)29-41(48-46)34-16-5-4-15-33(34)38-20-12-21-39-37-19-8-11-24-44(37)50-45(38)39/h1-29H. The van der Waals surface area contributed by atoms with Crippen LogP contribution in [0.5, 0.6) is 0 Å². The van der Waals surface area contributed by atoms with E-state index in [2.05, 4.69) is 150 Å². The van der Waals surface area contributed by atoms with Gasteiger partial charge in [-0.2, -0.15) is 0 Å². The third kappa shape index (κ3) is 4.54. The topological polar surface area (TPSA) is 43.9 Å². The molecule has 234 valence electrons. The number of hydrogen-bond donors (Lipinski definition) is 0. The van der Waals surface area contributed by atoms with Gasteiger partial charge in [-0.05, 0) is 42.0 Å². The second kappa shape index (κ2) is 11.4. The summed E-state index contributed by atoms with van der Waals surface area (Å²) >= 11 is 0. The number of aromatic nitrogens is 3. The number of furan rings is 1. The molecule has 0 amide bonds. The van der Waals surface area contributed by atoms with E-state index in [0.717, 1.165) is 66.8 Å². The summed E-state index contributed by atoms with van der Waals surface area (Å²) in [4.78, 5) is 10.3. The van der Waals surface area contributed by atoms with Gasteiger partial charge in [0.05, 0.1) is 22.4 Å². The summed E-state index contributed by atoms with van der Waals surface area (Å²) < 4.78 is 8.81. The predicted octanol–water partition coefficient (Wildman–Crippen LogP) is 12.1. The Bertz CT molecular complexity index is 2810. The van der Waals surface area contributed by atoms with Crippen LogP contribution in [0.25, 0.3) is 94.5 Å². The minimum absolute atomic E-state index is 0.682. The molecule has 10 rings (SSSR count). The summed E-state index contributed by atoms with van der Waals surface area (Å²) in [5.41, 5.74) is 12.0. The summed E-state index contributed by atoms with van der Waals surface area (Å²) in [7, 11) is 0. The predicted molar refractivity (Wildman–Crippen MR) is 205 cm³/mol. The third-order valence-electron chi connectivity index (χ3n) is 9.66. The Labute approximate surface area is 288 Å². The van der Waals surface area contributed by atoms with Gasteiger partial charge in [-0.25, -0.2) is 9.97 Å². The molecule has 50 heavy (non-hydrogen) atoms. The molecule has 0 unspecified atom stereocenters. The Kier molecular flexibility index (Phi) is 6.46. The summed E-state index contributed by atoms with van der Waals surface area (Å²) in [6.07, 6.45) is 0. The molecule has 4 heteroatoms. The molecule has 0 bridgehead atoms. The van der Waals surface area contributed by atoms with Crippen molar-refractivity contribution in [1.82, 2.24) is 14.5 Å². The van der Waals surface area contributed by atoms with E-state index in [9.17, 15) is 0 Å². The van der Waals surface area contributed by atoms with Crippen LogP contribution in [0.2, 0.25) is 0 Å². The van der Waals surface area contributed by atoms with Crippen molar-refractivity contribution < 1.29 is 4.42 Å². The first-order valence-electron chi connectivity index (χ1n) is 16.8. The number of nitrogens with zero attached hydrogens (tertiary/aromatic N) is 3. The first-order chi connectivity index (χ1) is 24.8. The van der Waals surface area contributed by atoms with E-state index in [4.69, 9.17) is 14.4 Å². The first-order valence-corrected chi connectivity index (χ1v) is 16.8. The van der Waals surface area contributed by atoms with Gasteiger partial charge in [-0.3, -0.25) is 0 Å². The molecule has 0 radical (unpaired) electrons. The molecule has 0 saturated heterocycles. The maximum absolute atomic E-state index is 6.48. The number of rotatable bonds is 5.